The van der Waals surface area contributed by atoms with Gasteiger partial charge in [0.05, 0.1) is 11.3 Å². The Labute approximate surface area is 120 Å². The summed E-state index contributed by atoms with van der Waals surface area (Å²) in [6, 6.07) is 0.463. The van der Waals surface area contributed by atoms with Crippen LogP contribution in [0.3, 0.4) is 0 Å². The number of amides is 1. The van der Waals surface area contributed by atoms with Gasteiger partial charge in [0.25, 0.3) is 5.91 Å². The molecular formula is C15H24N4O. The van der Waals surface area contributed by atoms with E-state index in [2.05, 4.69) is 15.5 Å². The van der Waals surface area contributed by atoms with E-state index < -0.39 is 0 Å². The van der Waals surface area contributed by atoms with E-state index in [0.717, 1.165) is 36.6 Å². The van der Waals surface area contributed by atoms with Gasteiger partial charge in [-0.05, 0) is 52.0 Å². The number of H-pyrrole nitrogens is 1. The first-order valence-corrected chi connectivity index (χ1v) is 7.69. The molecule has 1 aromatic heterocycles. The molecule has 20 heavy (non-hydrogen) atoms. The van der Waals surface area contributed by atoms with Crippen LogP contribution in [0.4, 0.5) is 0 Å². The maximum Gasteiger partial charge on any atom is 0.257 e. The number of nitrogens with zero attached hydrogens (tertiary/aromatic N) is 2. The third-order valence-corrected chi connectivity index (χ3v) is 4.41. The molecule has 1 aromatic rings. The summed E-state index contributed by atoms with van der Waals surface area (Å²) in [5.74, 6) is 0.863. The molecule has 1 aliphatic carbocycles. The van der Waals surface area contributed by atoms with E-state index >= 15 is 0 Å². The molecule has 110 valence electrons. The van der Waals surface area contributed by atoms with Crippen molar-refractivity contribution in [1.82, 2.24) is 20.4 Å². The molecule has 1 unspecified atom stereocenters. The van der Waals surface area contributed by atoms with Crippen molar-refractivity contribution in [3.05, 3.63) is 17.0 Å². The molecule has 2 aliphatic rings. The summed E-state index contributed by atoms with van der Waals surface area (Å²) in [7, 11) is 0. The summed E-state index contributed by atoms with van der Waals surface area (Å²) in [5.41, 5.74) is 2.46. The van der Waals surface area contributed by atoms with Gasteiger partial charge < -0.3 is 10.2 Å². The minimum Gasteiger partial charge on any atom is -0.337 e. The molecule has 2 N–H and O–H groups in total. The van der Waals surface area contributed by atoms with Gasteiger partial charge in [-0.1, -0.05) is 0 Å². The van der Waals surface area contributed by atoms with Crippen LogP contribution in [0, 0.1) is 19.8 Å². The number of rotatable bonds is 5. The minimum absolute atomic E-state index is 0.148. The molecule has 5 nitrogen and oxygen atoms in total. The minimum atomic E-state index is 0.148. The lowest BCUT2D eigenvalue weighted by atomic mass is 10.1. The number of carbonyl (C=O) groups is 1. The number of hydrogen-bond donors (Lipinski definition) is 2. The maximum absolute atomic E-state index is 12.8. The highest BCUT2D eigenvalue weighted by atomic mass is 16.2. The van der Waals surface area contributed by atoms with Crippen molar-refractivity contribution in [2.75, 3.05) is 19.6 Å². The smallest absolute Gasteiger partial charge is 0.257 e. The Morgan fingerprint density at radius 1 is 1.30 bits per heavy atom. The van der Waals surface area contributed by atoms with Gasteiger partial charge in [0.1, 0.15) is 0 Å². The lowest BCUT2D eigenvalue weighted by molar-refractivity contribution is 0.0732. The summed E-state index contributed by atoms with van der Waals surface area (Å²) in [5, 5.41) is 10.6. The first-order chi connectivity index (χ1) is 9.65. The van der Waals surface area contributed by atoms with E-state index in [9.17, 15) is 4.79 Å². The SMILES string of the molecule is Cc1n[nH]c(C)c1C(=O)N(CC1CC1)CC1CCCN1. The molecule has 1 saturated heterocycles. The molecule has 1 saturated carbocycles. The van der Waals surface area contributed by atoms with Crippen LogP contribution in [0.5, 0.6) is 0 Å². The average molecular weight is 276 g/mol. The molecule has 1 aliphatic heterocycles. The summed E-state index contributed by atoms with van der Waals surface area (Å²) in [6.45, 7) is 6.65. The van der Waals surface area contributed by atoms with Crippen LogP contribution in [0.2, 0.25) is 0 Å². The number of aryl methyl sites for hydroxylation is 2. The van der Waals surface area contributed by atoms with Crippen LogP contribution < -0.4 is 5.32 Å². The zero-order valence-electron chi connectivity index (χ0n) is 12.4. The average Bonchev–Trinajstić information content (AvgIpc) is 2.96. The standard InChI is InChI=1S/C15H24N4O/c1-10-14(11(2)18-17-10)15(20)19(8-12-5-6-12)9-13-4-3-7-16-13/h12-13,16H,3-9H2,1-2H3,(H,17,18). The lowest BCUT2D eigenvalue weighted by Crippen LogP contribution is -2.42. The fraction of sp³-hybridized carbons (Fsp3) is 0.733. The fourth-order valence-corrected chi connectivity index (χ4v) is 3.06. The second-order valence-electron chi connectivity index (χ2n) is 6.26. The highest BCUT2D eigenvalue weighted by Crippen LogP contribution is 2.30. The molecule has 5 heteroatoms. The van der Waals surface area contributed by atoms with Crippen molar-refractivity contribution in [2.45, 2.75) is 45.6 Å². The maximum atomic E-state index is 12.8. The molecular weight excluding hydrogens is 252 g/mol. The topological polar surface area (TPSA) is 61.0 Å². The quantitative estimate of drug-likeness (QED) is 0.859. The number of aromatic nitrogens is 2. The second-order valence-corrected chi connectivity index (χ2v) is 6.26. The molecule has 0 radical (unpaired) electrons. The predicted octanol–water partition coefficient (Wildman–Crippen LogP) is 1.63. The predicted molar refractivity (Wildman–Crippen MR) is 77.7 cm³/mol. The van der Waals surface area contributed by atoms with E-state index in [1.165, 1.54) is 25.7 Å². The number of hydrogen-bond acceptors (Lipinski definition) is 3. The van der Waals surface area contributed by atoms with Gasteiger partial charge in [0, 0.05) is 24.8 Å². The van der Waals surface area contributed by atoms with Crippen molar-refractivity contribution >= 4 is 5.91 Å². The van der Waals surface area contributed by atoms with Crippen molar-refractivity contribution < 1.29 is 4.79 Å². The van der Waals surface area contributed by atoms with Crippen LogP contribution in [0.1, 0.15) is 47.4 Å². The van der Waals surface area contributed by atoms with Crippen LogP contribution in [-0.2, 0) is 0 Å². The Hall–Kier alpha value is -1.36. The van der Waals surface area contributed by atoms with E-state index in [0.29, 0.717) is 12.0 Å². The largest absolute Gasteiger partial charge is 0.337 e. The van der Waals surface area contributed by atoms with Gasteiger partial charge in [-0.2, -0.15) is 5.10 Å². The van der Waals surface area contributed by atoms with Gasteiger partial charge in [-0.3, -0.25) is 9.89 Å². The van der Waals surface area contributed by atoms with Crippen LogP contribution in [-0.4, -0.2) is 46.7 Å². The molecule has 0 bridgehead atoms. The number of aromatic amines is 1. The van der Waals surface area contributed by atoms with Crippen molar-refractivity contribution in [3.8, 4) is 0 Å². The van der Waals surface area contributed by atoms with Gasteiger partial charge in [0.2, 0.25) is 0 Å². The molecule has 2 heterocycles. The normalized spacial score (nSPS) is 22.2. The first-order valence-electron chi connectivity index (χ1n) is 7.69. The van der Waals surface area contributed by atoms with Crippen molar-refractivity contribution in [3.63, 3.8) is 0 Å². The summed E-state index contributed by atoms with van der Waals surface area (Å²) < 4.78 is 0. The molecule has 0 spiro atoms. The van der Waals surface area contributed by atoms with Crippen molar-refractivity contribution in [2.24, 2.45) is 5.92 Å². The van der Waals surface area contributed by atoms with Gasteiger partial charge in [-0.15, -0.1) is 0 Å². The Bertz CT molecular complexity index is 467. The van der Waals surface area contributed by atoms with Gasteiger partial charge >= 0.3 is 0 Å². The highest BCUT2D eigenvalue weighted by molar-refractivity contribution is 5.96. The fourth-order valence-electron chi connectivity index (χ4n) is 3.06. The zero-order valence-corrected chi connectivity index (χ0v) is 12.4. The molecule has 2 fully saturated rings. The van der Waals surface area contributed by atoms with Crippen LogP contribution in [0.15, 0.2) is 0 Å². The number of nitrogens with one attached hydrogen (secondary N) is 2. The van der Waals surface area contributed by atoms with E-state index in [4.69, 9.17) is 0 Å². The van der Waals surface area contributed by atoms with E-state index in [-0.39, 0.29) is 5.91 Å². The molecule has 0 aromatic carbocycles. The number of carbonyl (C=O) groups excluding carboxylic acids is 1. The Balaban J connectivity index is 1.74. The Kier molecular flexibility index (Phi) is 3.78. The molecule has 3 rings (SSSR count). The zero-order chi connectivity index (χ0) is 14.1. The van der Waals surface area contributed by atoms with Crippen LogP contribution in [0.25, 0.3) is 0 Å². The third kappa shape index (κ3) is 2.87. The Morgan fingerprint density at radius 3 is 2.65 bits per heavy atom. The van der Waals surface area contributed by atoms with E-state index in [1.807, 2.05) is 18.7 Å². The highest BCUT2D eigenvalue weighted by Gasteiger charge is 2.31. The van der Waals surface area contributed by atoms with Gasteiger partial charge in [-0.25, -0.2) is 0 Å². The Morgan fingerprint density at radius 2 is 2.10 bits per heavy atom. The van der Waals surface area contributed by atoms with Crippen molar-refractivity contribution in [1.29, 1.82) is 0 Å². The van der Waals surface area contributed by atoms with Crippen LogP contribution >= 0.6 is 0 Å². The third-order valence-electron chi connectivity index (χ3n) is 4.41. The summed E-state index contributed by atoms with van der Waals surface area (Å²) in [4.78, 5) is 14.9. The molecule has 1 atom stereocenters. The van der Waals surface area contributed by atoms with E-state index in [1.54, 1.807) is 0 Å². The summed E-state index contributed by atoms with van der Waals surface area (Å²) >= 11 is 0. The molecule has 1 amide bonds. The van der Waals surface area contributed by atoms with Gasteiger partial charge in [0.15, 0.2) is 0 Å². The summed E-state index contributed by atoms with van der Waals surface area (Å²) in [6.07, 6.45) is 4.94. The first kappa shape index (κ1) is 13.6. The monoisotopic (exact) mass is 276 g/mol. The second kappa shape index (κ2) is 5.56. The lowest BCUT2D eigenvalue weighted by Gasteiger charge is -2.26.